The minimum Gasteiger partial charge on any atom is -0.316 e. The van der Waals surface area contributed by atoms with Gasteiger partial charge in [-0.05, 0) is 81.4 Å². The van der Waals surface area contributed by atoms with Crippen LogP contribution in [0.2, 0.25) is 0 Å². The number of benzene rings is 1. The molecule has 118 valence electrons. The lowest BCUT2D eigenvalue weighted by Gasteiger charge is -2.35. The molecule has 0 spiro atoms. The number of hydrogen-bond acceptors (Lipinski definition) is 2. The van der Waals surface area contributed by atoms with Crippen LogP contribution >= 0.6 is 28.3 Å². The molecule has 21 heavy (non-hydrogen) atoms. The van der Waals surface area contributed by atoms with Crippen LogP contribution in [0, 0.1) is 5.92 Å². The summed E-state index contributed by atoms with van der Waals surface area (Å²) in [5.41, 5.74) is 1.52. The zero-order valence-corrected chi connectivity index (χ0v) is 15.0. The molecule has 0 aliphatic carbocycles. The van der Waals surface area contributed by atoms with Crippen molar-refractivity contribution in [3.05, 3.63) is 34.3 Å². The molecule has 1 atom stereocenters. The SMILES string of the molecule is Brc1ccc(C2CCN(CC3CCCNC3)CC2)cc1.Cl. The molecule has 0 saturated carbocycles. The van der Waals surface area contributed by atoms with Gasteiger partial charge in [0, 0.05) is 11.0 Å². The lowest BCUT2D eigenvalue weighted by atomic mass is 9.88. The van der Waals surface area contributed by atoms with Gasteiger partial charge >= 0.3 is 0 Å². The van der Waals surface area contributed by atoms with Gasteiger partial charge < -0.3 is 10.2 Å². The maximum absolute atomic E-state index is 3.53. The van der Waals surface area contributed by atoms with Crippen molar-refractivity contribution in [2.24, 2.45) is 5.92 Å². The Labute approximate surface area is 143 Å². The lowest BCUT2D eigenvalue weighted by Crippen LogP contribution is -2.41. The summed E-state index contributed by atoms with van der Waals surface area (Å²) in [6, 6.07) is 8.93. The van der Waals surface area contributed by atoms with Gasteiger partial charge in [0.1, 0.15) is 0 Å². The first kappa shape index (κ1) is 17.3. The summed E-state index contributed by atoms with van der Waals surface area (Å²) in [7, 11) is 0. The molecule has 4 heteroatoms. The molecule has 2 heterocycles. The van der Waals surface area contributed by atoms with E-state index in [4.69, 9.17) is 0 Å². The van der Waals surface area contributed by atoms with Gasteiger partial charge in [-0.1, -0.05) is 28.1 Å². The first-order chi connectivity index (χ1) is 9.81. The highest BCUT2D eigenvalue weighted by Gasteiger charge is 2.23. The van der Waals surface area contributed by atoms with Gasteiger partial charge in [-0.2, -0.15) is 0 Å². The number of rotatable bonds is 3. The monoisotopic (exact) mass is 372 g/mol. The van der Waals surface area contributed by atoms with Crippen LogP contribution in [0.1, 0.15) is 37.2 Å². The Hall–Kier alpha value is -0.0900. The lowest BCUT2D eigenvalue weighted by molar-refractivity contribution is 0.169. The molecule has 1 N–H and O–H groups in total. The smallest absolute Gasteiger partial charge is 0.0175 e. The van der Waals surface area contributed by atoms with Crippen molar-refractivity contribution in [2.75, 3.05) is 32.7 Å². The van der Waals surface area contributed by atoms with Crippen molar-refractivity contribution in [3.63, 3.8) is 0 Å². The van der Waals surface area contributed by atoms with Gasteiger partial charge in [0.15, 0.2) is 0 Å². The Morgan fingerprint density at radius 3 is 2.43 bits per heavy atom. The number of nitrogens with one attached hydrogen (secondary N) is 1. The molecule has 2 aliphatic heterocycles. The number of nitrogens with zero attached hydrogens (tertiary/aromatic N) is 1. The maximum atomic E-state index is 3.53. The van der Waals surface area contributed by atoms with Crippen LogP contribution < -0.4 is 5.32 Å². The summed E-state index contributed by atoms with van der Waals surface area (Å²) < 4.78 is 1.18. The quantitative estimate of drug-likeness (QED) is 0.860. The van der Waals surface area contributed by atoms with E-state index < -0.39 is 0 Å². The van der Waals surface area contributed by atoms with Crippen LogP contribution in [0.4, 0.5) is 0 Å². The molecule has 2 aliphatic rings. The van der Waals surface area contributed by atoms with E-state index >= 15 is 0 Å². The Balaban J connectivity index is 0.00000161. The first-order valence-electron chi connectivity index (χ1n) is 8.00. The Kier molecular flexibility index (Phi) is 7.00. The normalized spacial score (nSPS) is 24.5. The van der Waals surface area contributed by atoms with Gasteiger partial charge in [-0.25, -0.2) is 0 Å². The van der Waals surface area contributed by atoms with Gasteiger partial charge in [-0.15, -0.1) is 12.4 Å². The van der Waals surface area contributed by atoms with Crippen molar-refractivity contribution in [1.29, 1.82) is 0 Å². The highest BCUT2D eigenvalue weighted by atomic mass is 79.9. The zero-order valence-electron chi connectivity index (χ0n) is 12.6. The minimum atomic E-state index is 0. The van der Waals surface area contributed by atoms with E-state index in [1.54, 1.807) is 0 Å². The second kappa shape index (κ2) is 8.52. The van der Waals surface area contributed by atoms with Crippen molar-refractivity contribution < 1.29 is 0 Å². The number of likely N-dealkylation sites (tertiary alicyclic amines) is 1. The van der Waals surface area contributed by atoms with E-state index in [0.29, 0.717) is 0 Å². The van der Waals surface area contributed by atoms with Crippen LogP contribution in [0.3, 0.4) is 0 Å². The van der Waals surface area contributed by atoms with E-state index in [0.717, 1.165) is 11.8 Å². The topological polar surface area (TPSA) is 15.3 Å². The number of hydrogen-bond donors (Lipinski definition) is 1. The summed E-state index contributed by atoms with van der Waals surface area (Å²) >= 11 is 3.52. The van der Waals surface area contributed by atoms with Gasteiger partial charge in [0.05, 0.1) is 0 Å². The van der Waals surface area contributed by atoms with Crippen LogP contribution in [0.5, 0.6) is 0 Å². The van der Waals surface area contributed by atoms with E-state index in [1.165, 1.54) is 68.4 Å². The Morgan fingerprint density at radius 1 is 1.10 bits per heavy atom. The fourth-order valence-electron chi connectivity index (χ4n) is 3.63. The third-order valence-corrected chi connectivity index (χ3v) is 5.37. The Bertz CT molecular complexity index is 409. The van der Waals surface area contributed by atoms with Crippen LogP contribution in [0.15, 0.2) is 28.7 Å². The molecule has 3 rings (SSSR count). The minimum absolute atomic E-state index is 0. The summed E-state index contributed by atoms with van der Waals surface area (Å²) in [6.45, 7) is 6.31. The Morgan fingerprint density at radius 2 is 1.81 bits per heavy atom. The summed E-state index contributed by atoms with van der Waals surface area (Å²) in [6.07, 6.45) is 5.42. The molecule has 1 aromatic rings. The molecule has 2 saturated heterocycles. The third-order valence-electron chi connectivity index (χ3n) is 4.84. The molecular formula is C17H26BrClN2. The molecular weight excluding hydrogens is 348 g/mol. The van der Waals surface area contributed by atoms with Crippen molar-refractivity contribution in [2.45, 2.75) is 31.6 Å². The first-order valence-corrected chi connectivity index (χ1v) is 8.79. The second-order valence-electron chi connectivity index (χ2n) is 6.34. The van der Waals surface area contributed by atoms with Crippen molar-refractivity contribution in [3.8, 4) is 0 Å². The van der Waals surface area contributed by atoms with Gasteiger partial charge in [0.2, 0.25) is 0 Å². The fourth-order valence-corrected chi connectivity index (χ4v) is 3.89. The number of piperidine rings is 2. The van der Waals surface area contributed by atoms with E-state index in [2.05, 4.69) is 50.4 Å². The molecule has 1 unspecified atom stereocenters. The highest BCUT2D eigenvalue weighted by Crippen LogP contribution is 2.29. The van der Waals surface area contributed by atoms with E-state index in [-0.39, 0.29) is 12.4 Å². The fraction of sp³-hybridized carbons (Fsp3) is 0.647. The predicted octanol–water partition coefficient (Wildman–Crippen LogP) is 4.05. The molecule has 0 bridgehead atoms. The average molecular weight is 374 g/mol. The molecule has 1 aromatic carbocycles. The van der Waals surface area contributed by atoms with Crippen molar-refractivity contribution >= 4 is 28.3 Å². The predicted molar refractivity (Wildman–Crippen MR) is 95.4 cm³/mol. The average Bonchev–Trinajstić information content (AvgIpc) is 2.50. The third kappa shape index (κ3) is 4.95. The summed E-state index contributed by atoms with van der Waals surface area (Å²) in [5, 5.41) is 3.53. The molecule has 0 amide bonds. The van der Waals surface area contributed by atoms with Gasteiger partial charge in [0.25, 0.3) is 0 Å². The highest BCUT2D eigenvalue weighted by molar-refractivity contribution is 9.10. The molecule has 2 nitrogen and oxygen atoms in total. The van der Waals surface area contributed by atoms with E-state index in [9.17, 15) is 0 Å². The second-order valence-corrected chi connectivity index (χ2v) is 7.25. The van der Waals surface area contributed by atoms with Crippen molar-refractivity contribution in [1.82, 2.24) is 10.2 Å². The molecule has 0 radical (unpaired) electrons. The largest absolute Gasteiger partial charge is 0.316 e. The maximum Gasteiger partial charge on any atom is 0.0175 e. The van der Waals surface area contributed by atoms with Crippen LogP contribution in [-0.4, -0.2) is 37.6 Å². The van der Waals surface area contributed by atoms with Crippen LogP contribution in [0.25, 0.3) is 0 Å². The summed E-state index contributed by atoms with van der Waals surface area (Å²) in [5.74, 6) is 1.65. The zero-order chi connectivity index (χ0) is 13.8. The van der Waals surface area contributed by atoms with Gasteiger partial charge in [-0.3, -0.25) is 0 Å². The molecule has 0 aromatic heterocycles. The standard InChI is InChI=1S/C17H25BrN2.ClH/c18-17-5-3-15(4-6-17)16-7-10-20(11-8-16)13-14-2-1-9-19-12-14;/h3-6,14,16,19H,1-2,7-13H2;1H. The molecule has 2 fully saturated rings. The van der Waals surface area contributed by atoms with E-state index in [1.807, 2.05) is 0 Å². The van der Waals surface area contributed by atoms with Crippen LogP contribution in [-0.2, 0) is 0 Å². The summed E-state index contributed by atoms with van der Waals surface area (Å²) in [4.78, 5) is 2.69. The number of halogens is 2.